The number of nitriles is 1. The van der Waals surface area contributed by atoms with E-state index in [0.717, 1.165) is 50.3 Å². The summed E-state index contributed by atoms with van der Waals surface area (Å²) >= 11 is 0. The van der Waals surface area contributed by atoms with Crippen molar-refractivity contribution in [3.63, 3.8) is 0 Å². The van der Waals surface area contributed by atoms with Crippen LogP contribution in [-0.4, -0.2) is 4.98 Å². The molecule has 7 aromatic carbocycles. The minimum absolute atomic E-state index is 0.666. The lowest BCUT2D eigenvalue weighted by Gasteiger charge is -2.14. The monoisotopic (exact) mass is 610 g/mol. The van der Waals surface area contributed by atoms with E-state index in [2.05, 4.69) is 152 Å². The van der Waals surface area contributed by atoms with Gasteiger partial charge in [0.05, 0.1) is 23.0 Å². The smallest absolute Gasteiger partial charge is 0.0991 e. The number of benzene rings is 7. The second-order valence-corrected chi connectivity index (χ2v) is 11.9. The largest absolute Gasteiger partial charge is 0.248 e. The summed E-state index contributed by atoms with van der Waals surface area (Å²) in [5, 5.41) is 11.8. The number of rotatable bonds is 6. The van der Waals surface area contributed by atoms with Crippen LogP contribution in [0.15, 0.2) is 182 Å². The number of fused-ring (bicyclic) bond motifs is 1. The Bertz CT molecular complexity index is 2380. The van der Waals surface area contributed by atoms with Crippen molar-refractivity contribution in [2.75, 3.05) is 0 Å². The molecule has 8 aromatic rings. The molecule has 2 nitrogen and oxygen atoms in total. The molecule has 8 rings (SSSR count). The van der Waals surface area contributed by atoms with Gasteiger partial charge in [-0.3, -0.25) is 0 Å². The average Bonchev–Trinajstić information content (AvgIpc) is 3.18. The first-order valence-electron chi connectivity index (χ1n) is 16.1. The van der Waals surface area contributed by atoms with Crippen LogP contribution in [-0.2, 0) is 0 Å². The minimum atomic E-state index is 0.666. The van der Waals surface area contributed by atoms with E-state index in [0.29, 0.717) is 5.56 Å². The molecule has 224 valence electrons. The molecule has 0 spiro atoms. The summed E-state index contributed by atoms with van der Waals surface area (Å²) in [5.41, 5.74) is 13.9. The van der Waals surface area contributed by atoms with Crippen molar-refractivity contribution in [3.05, 3.63) is 188 Å². The van der Waals surface area contributed by atoms with Gasteiger partial charge in [-0.2, -0.15) is 5.26 Å². The van der Waals surface area contributed by atoms with E-state index in [1.807, 2.05) is 36.4 Å². The fourth-order valence-corrected chi connectivity index (χ4v) is 6.49. The molecule has 1 heterocycles. The summed E-state index contributed by atoms with van der Waals surface area (Å²) in [6.07, 6.45) is 0. The van der Waals surface area contributed by atoms with Crippen molar-refractivity contribution in [1.82, 2.24) is 4.98 Å². The van der Waals surface area contributed by atoms with Crippen LogP contribution in [0, 0.1) is 11.3 Å². The van der Waals surface area contributed by atoms with Gasteiger partial charge in [-0.15, -0.1) is 0 Å². The molecule has 0 N–H and O–H groups in total. The second kappa shape index (κ2) is 12.7. The lowest BCUT2D eigenvalue weighted by molar-refractivity contribution is 1.32. The van der Waals surface area contributed by atoms with Crippen LogP contribution < -0.4 is 0 Å². The molecule has 0 aliphatic heterocycles. The van der Waals surface area contributed by atoms with Crippen LogP contribution in [0.2, 0.25) is 0 Å². The Labute approximate surface area is 280 Å². The molecular formula is C46H30N2. The first-order chi connectivity index (χ1) is 23.7. The van der Waals surface area contributed by atoms with Crippen LogP contribution in [0.5, 0.6) is 0 Å². The summed E-state index contributed by atoms with van der Waals surface area (Å²) in [4.78, 5) is 5.08. The molecule has 0 radical (unpaired) electrons. The number of aromatic nitrogens is 1. The maximum absolute atomic E-state index is 9.34. The van der Waals surface area contributed by atoms with Gasteiger partial charge >= 0.3 is 0 Å². The number of pyridine rings is 1. The predicted octanol–water partition coefficient (Wildman–Crippen LogP) is 12.1. The van der Waals surface area contributed by atoms with Crippen molar-refractivity contribution in [3.8, 4) is 73.1 Å². The lowest BCUT2D eigenvalue weighted by Crippen LogP contribution is -1.91. The third-order valence-electron chi connectivity index (χ3n) is 8.92. The highest BCUT2D eigenvalue weighted by atomic mass is 14.7. The molecule has 48 heavy (non-hydrogen) atoms. The third kappa shape index (κ3) is 5.66. The Kier molecular flexibility index (Phi) is 7.63. The number of hydrogen-bond acceptors (Lipinski definition) is 2. The molecule has 2 heteroatoms. The highest BCUT2D eigenvalue weighted by molar-refractivity contribution is 6.05. The van der Waals surface area contributed by atoms with Gasteiger partial charge in [0.15, 0.2) is 0 Å². The van der Waals surface area contributed by atoms with Crippen LogP contribution in [0.25, 0.3) is 77.8 Å². The maximum atomic E-state index is 9.34. The van der Waals surface area contributed by atoms with Gasteiger partial charge in [0, 0.05) is 11.1 Å². The molecule has 0 saturated carbocycles. The van der Waals surface area contributed by atoms with E-state index in [1.165, 1.54) is 27.5 Å². The van der Waals surface area contributed by atoms with Gasteiger partial charge in [-0.25, -0.2) is 4.98 Å². The van der Waals surface area contributed by atoms with Gasteiger partial charge in [0.25, 0.3) is 0 Å². The molecule has 0 saturated heterocycles. The highest BCUT2D eigenvalue weighted by Crippen LogP contribution is 2.38. The zero-order chi connectivity index (χ0) is 32.3. The Balaban J connectivity index is 1.19. The van der Waals surface area contributed by atoms with Crippen molar-refractivity contribution in [1.29, 1.82) is 5.26 Å². The Hall–Kier alpha value is -6.56. The van der Waals surface area contributed by atoms with Crippen molar-refractivity contribution >= 4 is 10.8 Å². The molecule has 0 aliphatic rings. The predicted molar refractivity (Wildman–Crippen MR) is 199 cm³/mol. The summed E-state index contributed by atoms with van der Waals surface area (Å²) in [7, 11) is 0. The molecule has 0 unspecified atom stereocenters. The fraction of sp³-hybridized carbons (Fsp3) is 0. The van der Waals surface area contributed by atoms with Crippen molar-refractivity contribution in [2.45, 2.75) is 0 Å². The fourth-order valence-electron chi connectivity index (χ4n) is 6.49. The molecule has 0 bridgehead atoms. The molecule has 1 aromatic heterocycles. The molecule has 0 fully saturated rings. The third-order valence-corrected chi connectivity index (χ3v) is 8.92. The maximum Gasteiger partial charge on any atom is 0.0991 e. The SMILES string of the molecule is N#Cc1cccc(-c2ccc(-c3ccc(-c4cccc(-c5cc(-c6ccccc6)nc(-c6ccccc6)c5)c4)c4ccccc34)cc2)c1. The zero-order valence-electron chi connectivity index (χ0n) is 26.2. The number of hydrogen-bond donors (Lipinski definition) is 0. The topological polar surface area (TPSA) is 36.7 Å². The first-order valence-corrected chi connectivity index (χ1v) is 16.1. The standard InChI is InChI=1S/C46H30N2/c47-31-32-11-9-16-37(27-32)33-21-23-34(24-22-33)41-25-26-42(44-20-8-7-19-43(41)44)39-18-10-17-38(28-39)40-29-45(35-12-3-1-4-13-35)48-46(30-40)36-14-5-2-6-15-36/h1-30H. The summed E-state index contributed by atoms with van der Waals surface area (Å²) in [5.74, 6) is 0. The summed E-state index contributed by atoms with van der Waals surface area (Å²) in [6, 6.07) is 65.8. The molecule has 0 aliphatic carbocycles. The Morgan fingerprint density at radius 1 is 0.333 bits per heavy atom. The van der Waals surface area contributed by atoms with E-state index >= 15 is 0 Å². The van der Waals surface area contributed by atoms with Gasteiger partial charge in [0.2, 0.25) is 0 Å². The lowest BCUT2D eigenvalue weighted by atomic mass is 9.90. The molecule has 0 atom stereocenters. The number of nitrogens with zero attached hydrogens (tertiary/aromatic N) is 2. The van der Waals surface area contributed by atoms with E-state index in [1.54, 1.807) is 0 Å². The first kappa shape index (κ1) is 28.9. The molecular weight excluding hydrogens is 581 g/mol. The van der Waals surface area contributed by atoms with Crippen LogP contribution in [0.3, 0.4) is 0 Å². The zero-order valence-corrected chi connectivity index (χ0v) is 26.2. The second-order valence-electron chi connectivity index (χ2n) is 11.9. The van der Waals surface area contributed by atoms with Crippen LogP contribution >= 0.6 is 0 Å². The van der Waals surface area contributed by atoms with Gasteiger partial charge in [-0.1, -0.05) is 152 Å². The minimum Gasteiger partial charge on any atom is -0.248 e. The van der Waals surface area contributed by atoms with Gasteiger partial charge in [0.1, 0.15) is 0 Å². The summed E-state index contributed by atoms with van der Waals surface area (Å²) in [6.45, 7) is 0. The van der Waals surface area contributed by atoms with E-state index in [4.69, 9.17) is 4.98 Å². The normalized spacial score (nSPS) is 10.9. The summed E-state index contributed by atoms with van der Waals surface area (Å²) < 4.78 is 0. The Morgan fingerprint density at radius 3 is 1.42 bits per heavy atom. The highest BCUT2D eigenvalue weighted by Gasteiger charge is 2.13. The van der Waals surface area contributed by atoms with Crippen molar-refractivity contribution < 1.29 is 0 Å². The van der Waals surface area contributed by atoms with E-state index < -0.39 is 0 Å². The van der Waals surface area contributed by atoms with Crippen molar-refractivity contribution in [2.24, 2.45) is 0 Å². The van der Waals surface area contributed by atoms with Gasteiger partial charge < -0.3 is 0 Å². The van der Waals surface area contributed by atoms with Crippen LogP contribution in [0.1, 0.15) is 5.56 Å². The quantitative estimate of drug-likeness (QED) is 0.188. The molecule has 0 amide bonds. The Morgan fingerprint density at radius 2 is 0.812 bits per heavy atom. The van der Waals surface area contributed by atoms with E-state index in [9.17, 15) is 5.26 Å². The van der Waals surface area contributed by atoms with E-state index in [-0.39, 0.29) is 0 Å². The average molecular weight is 611 g/mol. The van der Waals surface area contributed by atoms with Gasteiger partial charge in [-0.05, 0) is 85.6 Å². The van der Waals surface area contributed by atoms with Crippen LogP contribution in [0.4, 0.5) is 0 Å².